The van der Waals surface area contributed by atoms with Gasteiger partial charge in [0.25, 0.3) is 0 Å². The first-order chi connectivity index (χ1) is 8.33. The third-order valence-electron chi connectivity index (χ3n) is 2.68. The molecule has 0 aliphatic rings. The van der Waals surface area contributed by atoms with E-state index in [1.54, 1.807) is 13.4 Å². The summed E-state index contributed by atoms with van der Waals surface area (Å²) >= 11 is 0. The van der Waals surface area contributed by atoms with Crippen LogP contribution in [0.3, 0.4) is 0 Å². The molecule has 0 atom stereocenters. The molecule has 1 N–H and O–H groups in total. The molecular weight excluding hydrogens is 216 g/mol. The van der Waals surface area contributed by atoms with Crippen molar-refractivity contribution >= 4 is 0 Å². The molecule has 0 bridgehead atoms. The van der Waals surface area contributed by atoms with E-state index in [9.17, 15) is 0 Å². The number of methoxy groups -OCH3 is 1. The van der Waals surface area contributed by atoms with Gasteiger partial charge in [-0.05, 0) is 18.1 Å². The Morgan fingerprint density at radius 2 is 2.18 bits per heavy atom. The lowest BCUT2D eigenvalue weighted by atomic mass is 10.1. The number of nitrogens with zero attached hydrogens (tertiary/aromatic N) is 2. The van der Waals surface area contributed by atoms with E-state index in [4.69, 9.17) is 9.84 Å². The maximum Gasteiger partial charge on any atom is 0.122 e. The zero-order chi connectivity index (χ0) is 12.1. The molecule has 0 saturated heterocycles. The van der Waals surface area contributed by atoms with Gasteiger partial charge in [-0.2, -0.15) is 0 Å². The predicted octanol–water partition coefficient (Wildman–Crippen LogP) is 1.63. The Bertz CT molecular complexity index is 480. The zero-order valence-electron chi connectivity index (χ0n) is 9.84. The van der Waals surface area contributed by atoms with Crippen LogP contribution in [0.2, 0.25) is 0 Å². The second kappa shape index (κ2) is 5.50. The monoisotopic (exact) mass is 232 g/mol. The fourth-order valence-electron chi connectivity index (χ4n) is 1.77. The fraction of sp³-hybridized carbons (Fsp3) is 0.308. The highest BCUT2D eigenvalue weighted by Crippen LogP contribution is 2.18. The molecule has 0 unspecified atom stereocenters. The second-order valence-electron chi connectivity index (χ2n) is 3.82. The van der Waals surface area contributed by atoms with Crippen molar-refractivity contribution < 1.29 is 9.84 Å². The molecule has 0 fully saturated rings. The summed E-state index contributed by atoms with van der Waals surface area (Å²) < 4.78 is 7.27. The second-order valence-corrected chi connectivity index (χ2v) is 3.82. The summed E-state index contributed by atoms with van der Waals surface area (Å²) in [6.45, 7) is 0.815. The molecule has 0 amide bonds. The number of aromatic nitrogens is 2. The predicted molar refractivity (Wildman–Crippen MR) is 64.8 cm³/mol. The van der Waals surface area contributed by atoms with Crippen molar-refractivity contribution in [2.75, 3.05) is 7.11 Å². The van der Waals surface area contributed by atoms with Gasteiger partial charge < -0.3 is 14.4 Å². The Labute approximate surface area is 100 Å². The number of rotatable bonds is 5. The molecule has 2 rings (SSSR count). The van der Waals surface area contributed by atoms with E-state index in [1.807, 2.05) is 29.0 Å². The molecule has 1 aromatic carbocycles. The Kier molecular flexibility index (Phi) is 3.77. The quantitative estimate of drug-likeness (QED) is 0.852. The fourth-order valence-corrected chi connectivity index (χ4v) is 1.77. The number of hydrogen-bond donors (Lipinski definition) is 1. The van der Waals surface area contributed by atoms with Crippen LogP contribution in [-0.2, 0) is 19.6 Å². The number of imidazole rings is 1. The van der Waals surface area contributed by atoms with Gasteiger partial charge in [0.15, 0.2) is 0 Å². The number of para-hydroxylation sites is 1. The Balaban J connectivity index is 2.01. The van der Waals surface area contributed by atoms with Crippen LogP contribution >= 0.6 is 0 Å². The third-order valence-corrected chi connectivity index (χ3v) is 2.68. The molecule has 0 saturated carbocycles. The largest absolute Gasteiger partial charge is 0.496 e. The molecule has 2 aromatic rings. The maximum absolute atomic E-state index is 8.92. The first-order valence-electron chi connectivity index (χ1n) is 5.57. The average molecular weight is 232 g/mol. The highest BCUT2D eigenvalue weighted by Gasteiger charge is 2.02. The molecule has 1 aromatic heterocycles. The number of aliphatic hydroxyl groups excluding tert-OH is 1. The SMILES string of the molecule is COc1ccccc1CCn1cnc(CO)c1. The lowest BCUT2D eigenvalue weighted by Crippen LogP contribution is -2.00. The van der Waals surface area contributed by atoms with Gasteiger partial charge in [0.2, 0.25) is 0 Å². The first kappa shape index (κ1) is 11.7. The van der Waals surface area contributed by atoms with Gasteiger partial charge in [0, 0.05) is 12.7 Å². The van der Waals surface area contributed by atoms with E-state index in [0.717, 1.165) is 18.7 Å². The van der Waals surface area contributed by atoms with E-state index in [1.165, 1.54) is 5.56 Å². The minimum absolute atomic E-state index is 0.0122. The van der Waals surface area contributed by atoms with Gasteiger partial charge in [-0.25, -0.2) is 4.98 Å². The van der Waals surface area contributed by atoms with Crippen molar-refractivity contribution in [2.45, 2.75) is 19.6 Å². The lowest BCUT2D eigenvalue weighted by Gasteiger charge is -2.08. The summed E-state index contributed by atoms with van der Waals surface area (Å²) in [6.07, 6.45) is 4.47. The zero-order valence-corrected chi connectivity index (χ0v) is 9.84. The molecular formula is C13H16N2O2. The average Bonchev–Trinajstić information content (AvgIpc) is 2.84. The van der Waals surface area contributed by atoms with E-state index >= 15 is 0 Å². The summed E-state index contributed by atoms with van der Waals surface area (Å²) in [5.41, 5.74) is 1.87. The van der Waals surface area contributed by atoms with Crippen LogP contribution in [0.25, 0.3) is 0 Å². The van der Waals surface area contributed by atoms with Gasteiger partial charge in [0.1, 0.15) is 5.75 Å². The molecule has 1 heterocycles. The summed E-state index contributed by atoms with van der Waals surface area (Å²) in [4.78, 5) is 4.07. The van der Waals surface area contributed by atoms with Gasteiger partial charge in [-0.1, -0.05) is 18.2 Å². The first-order valence-corrected chi connectivity index (χ1v) is 5.57. The molecule has 0 radical (unpaired) electrons. The third kappa shape index (κ3) is 2.85. The number of hydrogen-bond acceptors (Lipinski definition) is 3. The molecule has 90 valence electrons. The van der Waals surface area contributed by atoms with Crippen molar-refractivity contribution in [3.8, 4) is 5.75 Å². The van der Waals surface area contributed by atoms with Crippen molar-refractivity contribution in [1.82, 2.24) is 9.55 Å². The van der Waals surface area contributed by atoms with E-state index < -0.39 is 0 Å². The van der Waals surface area contributed by atoms with Crippen LogP contribution < -0.4 is 4.74 Å². The summed E-state index contributed by atoms with van der Waals surface area (Å²) in [7, 11) is 1.68. The van der Waals surface area contributed by atoms with Crippen LogP contribution in [0.4, 0.5) is 0 Å². The minimum Gasteiger partial charge on any atom is -0.496 e. The smallest absolute Gasteiger partial charge is 0.122 e. The number of ether oxygens (including phenoxy) is 1. The molecule has 0 spiro atoms. The topological polar surface area (TPSA) is 47.3 Å². The molecule has 0 aliphatic carbocycles. The summed E-state index contributed by atoms with van der Waals surface area (Å²) in [5.74, 6) is 0.912. The number of aryl methyl sites for hydroxylation is 2. The highest BCUT2D eigenvalue weighted by molar-refractivity contribution is 5.33. The maximum atomic E-state index is 8.92. The Morgan fingerprint density at radius 1 is 1.35 bits per heavy atom. The van der Waals surface area contributed by atoms with Crippen molar-refractivity contribution in [2.24, 2.45) is 0 Å². The van der Waals surface area contributed by atoms with Crippen LogP contribution in [-0.4, -0.2) is 21.8 Å². The van der Waals surface area contributed by atoms with Gasteiger partial charge >= 0.3 is 0 Å². The van der Waals surface area contributed by atoms with Crippen molar-refractivity contribution in [3.63, 3.8) is 0 Å². The van der Waals surface area contributed by atoms with Gasteiger partial charge in [-0.15, -0.1) is 0 Å². The van der Waals surface area contributed by atoms with Crippen molar-refractivity contribution in [1.29, 1.82) is 0 Å². The van der Waals surface area contributed by atoms with Crippen LogP contribution in [0, 0.1) is 0 Å². The van der Waals surface area contributed by atoms with E-state index in [-0.39, 0.29) is 6.61 Å². The van der Waals surface area contributed by atoms with E-state index in [0.29, 0.717) is 5.69 Å². The number of benzene rings is 1. The molecule has 17 heavy (non-hydrogen) atoms. The normalized spacial score (nSPS) is 10.5. The minimum atomic E-state index is -0.0122. The summed E-state index contributed by atoms with van der Waals surface area (Å²) in [5, 5.41) is 8.92. The van der Waals surface area contributed by atoms with Crippen molar-refractivity contribution in [3.05, 3.63) is 48.0 Å². The Morgan fingerprint density at radius 3 is 2.88 bits per heavy atom. The molecule has 4 heteroatoms. The van der Waals surface area contributed by atoms with Crippen LogP contribution in [0.5, 0.6) is 5.75 Å². The summed E-state index contributed by atoms with van der Waals surface area (Å²) in [6, 6.07) is 7.99. The van der Waals surface area contributed by atoms with Crippen LogP contribution in [0.15, 0.2) is 36.8 Å². The van der Waals surface area contributed by atoms with E-state index in [2.05, 4.69) is 11.1 Å². The van der Waals surface area contributed by atoms with Gasteiger partial charge in [0.05, 0.1) is 25.7 Å². The highest BCUT2D eigenvalue weighted by atomic mass is 16.5. The standard InChI is InChI=1S/C13H16N2O2/c1-17-13-5-3-2-4-11(13)6-7-15-8-12(9-16)14-10-15/h2-5,8,10,16H,6-7,9H2,1H3. The number of aliphatic hydroxyl groups is 1. The molecule has 0 aliphatic heterocycles. The van der Waals surface area contributed by atoms with Crippen LogP contribution in [0.1, 0.15) is 11.3 Å². The Hall–Kier alpha value is -1.81. The van der Waals surface area contributed by atoms with Gasteiger partial charge in [-0.3, -0.25) is 0 Å². The lowest BCUT2D eigenvalue weighted by molar-refractivity contribution is 0.277. The molecule has 4 nitrogen and oxygen atoms in total.